The second-order valence-corrected chi connectivity index (χ2v) is 2.81. The summed E-state index contributed by atoms with van der Waals surface area (Å²) in [7, 11) is 0. The third kappa shape index (κ3) is 1.77. The Morgan fingerprint density at radius 2 is 2.18 bits per heavy atom. The number of rotatable bonds is 1. The van der Waals surface area contributed by atoms with Gasteiger partial charge in [0.2, 0.25) is 0 Å². The van der Waals surface area contributed by atoms with Gasteiger partial charge in [-0.25, -0.2) is 0 Å². The quantitative estimate of drug-likeness (QED) is 0.497. The van der Waals surface area contributed by atoms with Gasteiger partial charge in [0, 0.05) is 6.42 Å². The molecule has 1 fully saturated rings. The van der Waals surface area contributed by atoms with E-state index in [-0.39, 0.29) is 6.42 Å². The van der Waals surface area contributed by atoms with E-state index >= 15 is 0 Å². The van der Waals surface area contributed by atoms with E-state index in [1.54, 1.807) is 6.92 Å². The van der Waals surface area contributed by atoms with Crippen LogP contribution >= 0.6 is 0 Å². The molecule has 1 aliphatic rings. The summed E-state index contributed by atoms with van der Waals surface area (Å²) in [6, 6.07) is 0. The summed E-state index contributed by atoms with van der Waals surface area (Å²) in [5.74, 6) is -0.501. The Balaban J connectivity index is 2.58. The molecule has 64 valence electrons. The molecule has 4 atom stereocenters. The zero-order valence-corrected chi connectivity index (χ0v) is 6.30. The van der Waals surface area contributed by atoms with Gasteiger partial charge in [-0.3, -0.25) is 0 Å². The van der Waals surface area contributed by atoms with Crippen molar-refractivity contribution in [2.45, 2.75) is 31.8 Å². The number of ether oxygens (including phenoxy) is 1. The van der Waals surface area contributed by atoms with Crippen molar-refractivity contribution >= 4 is 6.29 Å². The molecule has 0 spiro atoms. The molecule has 0 aromatic heterocycles. The molecule has 1 heterocycles. The predicted molar refractivity (Wildman–Crippen MR) is 36.7 cm³/mol. The van der Waals surface area contributed by atoms with Crippen molar-refractivity contribution in [2.24, 2.45) is 5.92 Å². The highest BCUT2D eigenvalue weighted by molar-refractivity contribution is 5.55. The van der Waals surface area contributed by atoms with Gasteiger partial charge in [-0.1, -0.05) is 0 Å². The van der Waals surface area contributed by atoms with Crippen molar-refractivity contribution < 1.29 is 19.7 Å². The third-order valence-corrected chi connectivity index (χ3v) is 1.96. The van der Waals surface area contributed by atoms with Crippen LogP contribution in [0.2, 0.25) is 0 Å². The van der Waals surface area contributed by atoms with E-state index in [0.29, 0.717) is 6.29 Å². The number of aliphatic hydroxyl groups is 2. The number of carbonyl (C=O) groups excluding carboxylic acids is 1. The number of hydrogen-bond acceptors (Lipinski definition) is 4. The minimum absolute atomic E-state index is 0.119. The van der Waals surface area contributed by atoms with Gasteiger partial charge in [0.25, 0.3) is 0 Å². The van der Waals surface area contributed by atoms with Crippen LogP contribution in [0, 0.1) is 5.92 Å². The van der Waals surface area contributed by atoms with Crippen LogP contribution in [-0.4, -0.2) is 35.0 Å². The molecule has 0 aromatic carbocycles. The van der Waals surface area contributed by atoms with E-state index in [4.69, 9.17) is 9.84 Å². The molecule has 4 heteroatoms. The van der Waals surface area contributed by atoms with Gasteiger partial charge in [-0.15, -0.1) is 0 Å². The normalized spacial score (nSPS) is 45.4. The van der Waals surface area contributed by atoms with Gasteiger partial charge in [0.05, 0.1) is 18.1 Å². The molecule has 2 N–H and O–H groups in total. The molecule has 4 unspecified atom stereocenters. The lowest BCUT2D eigenvalue weighted by Gasteiger charge is -2.32. The Morgan fingerprint density at radius 1 is 1.55 bits per heavy atom. The lowest BCUT2D eigenvalue weighted by atomic mass is 9.93. The molecule has 0 radical (unpaired) electrons. The fourth-order valence-electron chi connectivity index (χ4n) is 1.27. The molecule has 11 heavy (non-hydrogen) atoms. The molecule has 0 bridgehead atoms. The van der Waals surface area contributed by atoms with Crippen LogP contribution < -0.4 is 0 Å². The molecule has 0 amide bonds. The lowest BCUT2D eigenvalue weighted by molar-refractivity contribution is -0.204. The van der Waals surface area contributed by atoms with E-state index in [1.807, 2.05) is 0 Å². The molecule has 0 aliphatic carbocycles. The summed E-state index contributed by atoms with van der Waals surface area (Å²) in [5.41, 5.74) is 0. The summed E-state index contributed by atoms with van der Waals surface area (Å²) in [6.45, 7) is 1.66. The first kappa shape index (κ1) is 8.64. The van der Waals surface area contributed by atoms with Crippen LogP contribution in [0.25, 0.3) is 0 Å². The molecular formula is C7H12O4. The predicted octanol–water partition coefficient (Wildman–Crippen LogP) is -0.710. The summed E-state index contributed by atoms with van der Waals surface area (Å²) in [5, 5.41) is 18.2. The zero-order valence-electron chi connectivity index (χ0n) is 6.30. The van der Waals surface area contributed by atoms with Crippen LogP contribution in [0.3, 0.4) is 0 Å². The molecule has 0 aromatic rings. The Labute approximate surface area is 64.8 Å². The van der Waals surface area contributed by atoms with Crippen molar-refractivity contribution in [1.82, 2.24) is 0 Å². The second kappa shape index (κ2) is 3.30. The average Bonchev–Trinajstić information content (AvgIpc) is 1.85. The fraction of sp³-hybridized carbons (Fsp3) is 0.857. The maximum atomic E-state index is 10.4. The standard InChI is InChI=1S/C7H12O4/c1-4-5(3-8)6(9)2-7(10)11-4/h3-7,9-10H,2H2,1H3. The highest BCUT2D eigenvalue weighted by atomic mass is 16.6. The van der Waals surface area contributed by atoms with Crippen LogP contribution in [0.15, 0.2) is 0 Å². The van der Waals surface area contributed by atoms with Gasteiger partial charge in [0.1, 0.15) is 6.29 Å². The van der Waals surface area contributed by atoms with E-state index < -0.39 is 24.4 Å². The lowest BCUT2D eigenvalue weighted by Crippen LogP contribution is -2.43. The zero-order chi connectivity index (χ0) is 8.43. The van der Waals surface area contributed by atoms with Gasteiger partial charge >= 0.3 is 0 Å². The van der Waals surface area contributed by atoms with Crippen molar-refractivity contribution in [3.05, 3.63) is 0 Å². The Morgan fingerprint density at radius 3 is 2.64 bits per heavy atom. The highest BCUT2D eigenvalue weighted by Gasteiger charge is 2.34. The fourth-order valence-corrected chi connectivity index (χ4v) is 1.27. The van der Waals surface area contributed by atoms with Gasteiger partial charge in [-0.05, 0) is 6.92 Å². The van der Waals surface area contributed by atoms with Crippen molar-refractivity contribution in [1.29, 1.82) is 0 Å². The molecule has 1 saturated heterocycles. The van der Waals surface area contributed by atoms with Crippen molar-refractivity contribution in [3.63, 3.8) is 0 Å². The van der Waals surface area contributed by atoms with Crippen LogP contribution in [0.4, 0.5) is 0 Å². The first-order valence-electron chi connectivity index (χ1n) is 3.62. The van der Waals surface area contributed by atoms with E-state index in [2.05, 4.69) is 0 Å². The number of aliphatic hydroxyl groups excluding tert-OH is 2. The maximum Gasteiger partial charge on any atom is 0.157 e. The SMILES string of the molecule is CC1OC(O)CC(O)C1C=O. The smallest absolute Gasteiger partial charge is 0.157 e. The summed E-state index contributed by atoms with van der Waals surface area (Å²) in [6.07, 6.45) is -1.32. The molecule has 4 nitrogen and oxygen atoms in total. The van der Waals surface area contributed by atoms with E-state index in [0.717, 1.165) is 0 Å². The molecule has 1 aliphatic heterocycles. The summed E-state index contributed by atoms with van der Waals surface area (Å²) < 4.78 is 4.92. The highest BCUT2D eigenvalue weighted by Crippen LogP contribution is 2.22. The van der Waals surface area contributed by atoms with E-state index in [1.165, 1.54) is 0 Å². The maximum absolute atomic E-state index is 10.4. The Hall–Kier alpha value is -0.450. The largest absolute Gasteiger partial charge is 0.392 e. The van der Waals surface area contributed by atoms with Crippen molar-refractivity contribution in [3.8, 4) is 0 Å². The molecule has 1 rings (SSSR count). The first-order valence-corrected chi connectivity index (χ1v) is 3.62. The number of hydrogen-bond donors (Lipinski definition) is 2. The monoisotopic (exact) mass is 160 g/mol. The average molecular weight is 160 g/mol. The second-order valence-electron chi connectivity index (χ2n) is 2.81. The first-order chi connectivity index (χ1) is 5.15. The van der Waals surface area contributed by atoms with Crippen LogP contribution in [0.5, 0.6) is 0 Å². The van der Waals surface area contributed by atoms with Crippen LogP contribution in [0.1, 0.15) is 13.3 Å². The van der Waals surface area contributed by atoms with Crippen LogP contribution in [-0.2, 0) is 9.53 Å². The summed E-state index contributed by atoms with van der Waals surface area (Å²) in [4.78, 5) is 10.4. The van der Waals surface area contributed by atoms with Crippen molar-refractivity contribution in [2.75, 3.05) is 0 Å². The molecule has 0 saturated carbocycles. The Bertz CT molecular complexity index is 135. The minimum atomic E-state index is -0.934. The third-order valence-electron chi connectivity index (χ3n) is 1.96. The Kier molecular flexibility index (Phi) is 2.59. The van der Waals surface area contributed by atoms with Gasteiger partial charge < -0.3 is 19.7 Å². The number of aldehydes is 1. The molecular weight excluding hydrogens is 148 g/mol. The topological polar surface area (TPSA) is 66.8 Å². The minimum Gasteiger partial charge on any atom is -0.392 e. The van der Waals surface area contributed by atoms with Gasteiger partial charge in [-0.2, -0.15) is 0 Å². The van der Waals surface area contributed by atoms with Gasteiger partial charge in [0.15, 0.2) is 6.29 Å². The number of carbonyl (C=O) groups is 1. The summed E-state index contributed by atoms with van der Waals surface area (Å²) >= 11 is 0. The van der Waals surface area contributed by atoms with E-state index in [9.17, 15) is 9.90 Å².